The van der Waals surface area contributed by atoms with Gasteiger partial charge in [0.25, 0.3) is 0 Å². The molecule has 4 atom stereocenters. The lowest BCUT2D eigenvalue weighted by atomic mass is 9.92. The molecule has 0 aliphatic carbocycles. The Bertz CT molecular complexity index is 957. The van der Waals surface area contributed by atoms with Crippen molar-refractivity contribution < 1.29 is 32.9 Å². The number of unbranched alkanes of at least 4 members (excludes halogenated alkanes) is 9. The molecule has 0 aromatic carbocycles. The van der Waals surface area contributed by atoms with Crippen molar-refractivity contribution >= 4 is 28.6 Å². The average molecular weight is 683 g/mol. The fraction of sp³-hybridized carbons (Fsp3) is 0.811. The van der Waals surface area contributed by atoms with Crippen LogP contribution in [0.2, 0.25) is 0 Å². The number of carboxylic acids is 1. The van der Waals surface area contributed by atoms with Gasteiger partial charge in [-0.1, -0.05) is 91.4 Å². The number of carbonyl (C=O) groups is 3. The summed E-state index contributed by atoms with van der Waals surface area (Å²) in [7, 11) is -1.33. The quantitative estimate of drug-likeness (QED) is 0.0513. The number of carbonyl (C=O) groups excluding carboxylic acids is 2. The predicted molar refractivity (Wildman–Crippen MR) is 191 cm³/mol. The van der Waals surface area contributed by atoms with Crippen molar-refractivity contribution in [3.05, 3.63) is 24.2 Å². The first-order valence-electron chi connectivity index (χ1n) is 18.6. The van der Waals surface area contributed by atoms with Crippen LogP contribution in [0.5, 0.6) is 0 Å². The second-order valence-corrected chi connectivity index (χ2v) is 14.4. The van der Waals surface area contributed by atoms with E-state index in [0.29, 0.717) is 37.6 Å². The first-order chi connectivity index (χ1) is 22.8. The standard InChI is InChI=1S/C37H66N2O7S/c1-4-7-9-11-12-13-21-32(6-3)46-36(41)24-16-15-19-31(25-27-38-34(37(42)43)23-14-10-8-5-2)20-17-26-39-35(40)30-47(44)29-33-22-18-28-45-33/h18,22,28,31-32,34,38H,4-17,19-21,23-27,29-30H2,1-3H3,(H,39,40)(H,42,43). The molecule has 0 aliphatic rings. The number of hydrogen-bond donors (Lipinski definition) is 3. The lowest BCUT2D eigenvalue weighted by Gasteiger charge is -2.20. The van der Waals surface area contributed by atoms with E-state index in [1.54, 1.807) is 12.1 Å². The van der Waals surface area contributed by atoms with Crippen molar-refractivity contribution in [1.29, 1.82) is 0 Å². The molecule has 0 radical (unpaired) electrons. The normalized spacial score (nSPS) is 13.9. The molecule has 0 aliphatic heterocycles. The van der Waals surface area contributed by atoms with Gasteiger partial charge in [-0.15, -0.1) is 0 Å². The van der Waals surface area contributed by atoms with Crippen LogP contribution in [0.4, 0.5) is 0 Å². The summed E-state index contributed by atoms with van der Waals surface area (Å²) < 4.78 is 23.2. The van der Waals surface area contributed by atoms with E-state index >= 15 is 0 Å². The van der Waals surface area contributed by atoms with Crippen LogP contribution in [-0.2, 0) is 35.7 Å². The van der Waals surface area contributed by atoms with Gasteiger partial charge in [0.2, 0.25) is 5.91 Å². The minimum Gasteiger partial charge on any atom is -0.480 e. The Morgan fingerprint density at radius 1 is 0.830 bits per heavy atom. The summed E-state index contributed by atoms with van der Waals surface area (Å²) in [6.45, 7) is 7.56. The fourth-order valence-electron chi connectivity index (χ4n) is 5.85. The van der Waals surface area contributed by atoms with Gasteiger partial charge in [-0.25, -0.2) is 0 Å². The molecular weight excluding hydrogens is 616 g/mol. The van der Waals surface area contributed by atoms with Crippen LogP contribution < -0.4 is 10.6 Å². The van der Waals surface area contributed by atoms with E-state index in [1.807, 2.05) is 0 Å². The monoisotopic (exact) mass is 682 g/mol. The third-order valence-electron chi connectivity index (χ3n) is 8.75. The third-order valence-corrected chi connectivity index (χ3v) is 9.94. The Morgan fingerprint density at radius 3 is 2.17 bits per heavy atom. The van der Waals surface area contributed by atoms with Crippen molar-refractivity contribution in [1.82, 2.24) is 10.6 Å². The fourth-order valence-corrected chi connectivity index (χ4v) is 6.83. The Morgan fingerprint density at radius 2 is 1.49 bits per heavy atom. The summed E-state index contributed by atoms with van der Waals surface area (Å²) in [5.74, 6) is -0.0416. The molecular formula is C37H66N2O7S. The van der Waals surface area contributed by atoms with Gasteiger partial charge < -0.3 is 24.9 Å². The summed E-state index contributed by atoms with van der Waals surface area (Å²) in [4.78, 5) is 36.6. The van der Waals surface area contributed by atoms with E-state index in [9.17, 15) is 23.7 Å². The molecule has 1 aromatic heterocycles. The van der Waals surface area contributed by atoms with Crippen LogP contribution in [0.15, 0.2) is 22.8 Å². The summed E-state index contributed by atoms with van der Waals surface area (Å²) in [5, 5.41) is 15.8. The number of carboxylic acid groups (broad SMARTS) is 1. The maximum Gasteiger partial charge on any atom is 0.320 e. The van der Waals surface area contributed by atoms with E-state index in [-0.39, 0.29) is 29.5 Å². The maximum atomic E-state index is 12.6. The van der Waals surface area contributed by atoms with E-state index in [2.05, 4.69) is 31.4 Å². The number of nitrogens with one attached hydrogen (secondary N) is 2. The molecule has 0 saturated heterocycles. The summed E-state index contributed by atoms with van der Waals surface area (Å²) in [5.41, 5.74) is 0. The molecule has 1 heterocycles. The highest BCUT2D eigenvalue weighted by Gasteiger charge is 2.18. The van der Waals surface area contributed by atoms with E-state index in [4.69, 9.17) is 9.15 Å². The highest BCUT2D eigenvalue weighted by atomic mass is 32.2. The minimum atomic E-state index is -1.33. The number of esters is 1. The molecule has 3 N–H and O–H groups in total. The first-order valence-corrected chi connectivity index (χ1v) is 20.1. The lowest BCUT2D eigenvalue weighted by molar-refractivity contribution is -0.149. The number of ether oxygens (including phenoxy) is 1. The van der Waals surface area contributed by atoms with Gasteiger partial charge in [-0.3, -0.25) is 18.6 Å². The molecule has 0 bridgehead atoms. The van der Waals surface area contributed by atoms with E-state index < -0.39 is 22.8 Å². The van der Waals surface area contributed by atoms with Crippen LogP contribution in [0.3, 0.4) is 0 Å². The average Bonchev–Trinajstić information content (AvgIpc) is 3.55. The minimum absolute atomic E-state index is 0.00873. The zero-order chi connectivity index (χ0) is 34.5. The molecule has 0 spiro atoms. The van der Waals surface area contributed by atoms with Crippen LogP contribution >= 0.6 is 0 Å². The van der Waals surface area contributed by atoms with Crippen LogP contribution in [-0.4, -0.2) is 58.1 Å². The van der Waals surface area contributed by atoms with E-state index in [0.717, 1.165) is 83.5 Å². The Labute approximate surface area is 287 Å². The number of furan rings is 1. The van der Waals surface area contributed by atoms with Crippen molar-refractivity contribution in [2.24, 2.45) is 5.92 Å². The molecule has 1 amide bonds. The first kappa shape index (κ1) is 42.8. The van der Waals surface area contributed by atoms with Gasteiger partial charge in [-0.2, -0.15) is 0 Å². The third kappa shape index (κ3) is 23.7. The molecule has 1 rings (SSSR count). The molecule has 0 saturated carbocycles. The second-order valence-electron chi connectivity index (χ2n) is 13.0. The summed E-state index contributed by atoms with van der Waals surface area (Å²) in [6.07, 6.45) is 21.0. The number of aliphatic carboxylic acids is 1. The van der Waals surface area contributed by atoms with Crippen molar-refractivity contribution in [3.63, 3.8) is 0 Å². The smallest absolute Gasteiger partial charge is 0.320 e. The number of hydrogen-bond acceptors (Lipinski definition) is 7. The van der Waals surface area contributed by atoms with Gasteiger partial charge >= 0.3 is 11.9 Å². The molecule has 10 heteroatoms. The SMILES string of the molecule is CCCCCCCCC(CC)OC(=O)CCCCC(CCCNC(=O)CS(=O)Cc1ccco1)CCNC(CCCCCC)C(=O)O. The Kier molecular flexibility index (Phi) is 26.2. The van der Waals surface area contributed by atoms with Crippen LogP contribution in [0.25, 0.3) is 0 Å². The molecule has 47 heavy (non-hydrogen) atoms. The van der Waals surface area contributed by atoms with Gasteiger partial charge in [0.1, 0.15) is 23.7 Å². The predicted octanol–water partition coefficient (Wildman–Crippen LogP) is 8.08. The van der Waals surface area contributed by atoms with Crippen molar-refractivity contribution in [2.75, 3.05) is 18.8 Å². The van der Waals surface area contributed by atoms with Gasteiger partial charge in [0.15, 0.2) is 0 Å². The molecule has 1 aromatic rings. The van der Waals surface area contributed by atoms with Crippen LogP contribution in [0, 0.1) is 5.92 Å². The molecule has 272 valence electrons. The Hall–Kier alpha value is -2.20. The zero-order valence-corrected chi connectivity index (χ0v) is 30.6. The van der Waals surface area contributed by atoms with E-state index in [1.165, 1.54) is 38.4 Å². The Balaban J connectivity index is 2.47. The molecule has 0 fully saturated rings. The van der Waals surface area contributed by atoms with Crippen LogP contribution in [0.1, 0.15) is 155 Å². The zero-order valence-electron chi connectivity index (χ0n) is 29.7. The summed E-state index contributed by atoms with van der Waals surface area (Å²) in [6, 6.07) is 2.95. The highest BCUT2D eigenvalue weighted by Crippen LogP contribution is 2.20. The molecule has 9 nitrogen and oxygen atoms in total. The number of rotatable bonds is 32. The van der Waals surface area contributed by atoms with Gasteiger partial charge in [0, 0.05) is 23.8 Å². The molecule has 4 unspecified atom stereocenters. The lowest BCUT2D eigenvalue weighted by Crippen LogP contribution is -2.37. The van der Waals surface area contributed by atoms with Crippen molar-refractivity contribution in [2.45, 2.75) is 167 Å². The topological polar surface area (TPSA) is 135 Å². The van der Waals surface area contributed by atoms with Crippen molar-refractivity contribution in [3.8, 4) is 0 Å². The number of amides is 1. The highest BCUT2D eigenvalue weighted by molar-refractivity contribution is 7.84. The van der Waals surface area contributed by atoms with Gasteiger partial charge in [-0.05, 0) is 76.0 Å². The largest absolute Gasteiger partial charge is 0.480 e. The maximum absolute atomic E-state index is 12.6. The van der Waals surface area contributed by atoms with Gasteiger partial charge in [0.05, 0.1) is 12.0 Å². The second kappa shape index (κ2) is 28.8. The summed E-state index contributed by atoms with van der Waals surface area (Å²) >= 11 is 0.